The molecule has 0 aliphatic rings. The van der Waals surface area contributed by atoms with Gasteiger partial charge in [-0.2, -0.15) is 0 Å². The van der Waals surface area contributed by atoms with Gasteiger partial charge in [-0.25, -0.2) is 4.98 Å². The Morgan fingerprint density at radius 3 is 2.86 bits per heavy atom. The summed E-state index contributed by atoms with van der Waals surface area (Å²) in [5.74, 6) is 0.667. The molecule has 0 aliphatic carbocycles. The van der Waals surface area contributed by atoms with Gasteiger partial charge in [-0.05, 0) is 30.9 Å². The number of carbonyl (C=O) groups excluding carboxylic acids is 1. The fourth-order valence-corrected chi connectivity index (χ4v) is 2.85. The van der Waals surface area contributed by atoms with Gasteiger partial charge in [0.2, 0.25) is 5.91 Å². The minimum atomic E-state index is 0.0576. The van der Waals surface area contributed by atoms with Crippen LogP contribution in [0.2, 0.25) is 0 Å². The predicted molar refractivity (Wildman–Crippen MR) is 89.9 cm³/mol. The van der Waals surface area contributed by atoms with Gasteiger partial charge in [-0.3, -0.25) is 9.78 Å². The van der Waals surface area contributed by atoms with Crippen LogP contribution in [0.5, 0.6) is 0 Å². The number of hydrogen-bond acceptors (Lipinski definition) is 4. The van der Waals surface area contributed by atoms with Crippen molar-refractivity contribution in [2.75, 3.05) is 6.54 Å². The predicted octanol–water partition coefficient (Wildman–Crippen LogP) is 3.03. The molecule has 22 heavy (non-hydrogen) atoms. The van der Waals surface area contributed by atoms with Gasteiger partial charge in [0.15, 0.2) is 0 Å². The summed E-state index contributed by atoms with van der Waals surface area (Å²) in [6.45, 7) is 5.05. The fraction of sp³-hybridized carbons (Fsp3) is 0.471. The summed E-state index contributed by atoms with van der Waals surface area (Å²) in [6, 6.07) is 5.94. The minimum Gasteiger partial charge on any atom is -0.356 e. The zero-order valence-electron chi connectivity index (χ0n) is 13.2. The molecule has 2 rings (SSSR count). The Bertz CT molecular complexity index is 581. The van der Waals surface area contributed by atoms with Crippen LogP contribution in [0.1, 0.15) is 36.7 Å². The molecule has 0 saturated heterocycles. The second kappa shape index (κ2) is 8.63. The van der Waals surface area contributed by atoms with E-state index in [0.717, 1.165) is 42.2 Å². The van der Waals surface area contributed by atoms with E-state index in [4.69, 9.17) is 0 Å². The van der Waals surface area contributed by atoms with Crippen LogP contribution in [0.25, 0.3) is 0 Å². The van der Waals surface area contributed by atoms with Gasteiger partial charge >= 0.3 is 0 Å². The van der Waals surface area contributed by atoms with E-state index >= 15 is 0 Å². The molecule has 5 heteroatoms. The first-order valence-corrected chi connectivity index (χ1v) is 8.61. The Kier molecular flexibility index (Phi) is 6.52. The molecule has 0 saturated carbocycles. The van der Waals surface area contributed by atoms with Gasteiger partial charge in [0.1, 0.15) is 0 Å². The summed E-state index contributed by atoms with van der Waals surface area (Å²) in [6.07, 6.45) is 4.95. The molecular formula is C17H23N3OS. The third-order valence-electron chi connectivity index (χ3n) is 3.31. The van der Waals surface area contributed by atoms with Crippen LogP contribution in [0.4, 0.5) is 0 Å². The van der Waals surface area contributed by atoms with Crippen molar-refractivity contribution in [2.45, 2.75) is 39.5 Å². The van der Waals surface area contributed by atoms with Crippen molar-refractivity contribution in [3.05, 3.63) is 46.2 Å². The molecule has 0 bridgehead atoms. The number of aromatic nitrogens is 2. The lowest BCUT2D eigenvalue weighted by Crippen LogP contribution is -2.26. The zero-order valence-corrected chi connectivity index (χ0v) is 14.0. The Balaban J connectivity index is 1.75. The van der Waals surface area contributed by atoms with E-state index in [-0.39, 0.29) is 5.91 Å². The van der Waals surface area contributed by atoms with Crippen LogP contribution in [0, 0.1) is 5.92 Å². The summed E-state index contributed by atoms with van der Waals surface area (Å²) in [5.41, 5.74) is 1.94. The Hall–Kier alpha value is -1.75. The third kappa shape index (κ3) is 5.93. The standard InChI is InChI=1S/C17H23N3OS/c1-13(2)8-10-19-16(21)11-15-12-22-17(20-15)7-6-14-5-3-4-9-18-14/h3-5,9,12-13H,6-8,10-11H2,1-2H3,(H,19,21). The highest BCUT2D eigenvalue weighted by molar-refractivity contribution is 7.09. The average molecular weight is 317 g/mol. The lowest BCUT2D eigenvalue weighted by molar-refractivity contribution is -0.120. The van der Waals surface area contributed by atoms with Crippen LogP contribution < -0.4 is 5.32 Å². The molecule has 0 aliphatic heterocycles. The summed E-state index contributed by atoms with van der Waals surface area (Å²) in [4.78, 5) is 20.7. The number of amides is 1. The van der Waals surface area contributed by atoms with Gasteiger partial charge in [0.25, 0.3) is 0 Å². The van der Waals surface area contributed by atoms with Crippen molar-refractivity contribution in [3.8, 4) is 0 Å². The summed E-state index contributed by atoms with van der Waals surface area (Å²) in [7, 11) is 0. The van der Waals surface area contributed by atoms with E-state index in [2.05, 4.69) is 29.1 Å². The molecule has 0 radical (unpaired) electrons. The topological polar surface area (TPSA) is 54.9 Å². The number of hydrogen-bond donors (Lipinski definition) is 1. The van der Waals surface area contributed by atoms with Crippen molar-refractivity contribution < 1.29 is 4.79 Å². The monoisotopic (exact) mass is 317 g/mol. The van der Waals surface area contributed by atoms with Crippen LogP contribution in [0.3, 0.4) is 0 Å². The third-order valence-corrected chi connectivity index (χ3v) is 4.26. The maximum absolute atomic E-state index is 11.8. The lowest BCUT2D eigenvalue weighted by Gasteiger charge is -2.05. The molecule has 2 aromatic heterocycles. The van der Waals surface area contributed by atoms with Crippen LogP contribution in [-0.2, 0) is 24.1 Å². The summed E-state index contributed by atoms with van der Waals surface area (Å²) in [5, 5.41) is 5.99. The molecule has 1 N–H and O–H groups in total. The summed E-state index contributed by atoms with van der Waals surface area (Å²) >= 11 is 1.62. The average Bonchev–Trinajstić information content (AvgIpc) is 2.93. The Morgan fingerprint density at radius 2 is 2.14 bits per heavy atom. The van der Waals surface area contributed by atoms with E-state index in [0.29, 0.717) is 12.3 Å². The van der Waals surface area contributed by atoms with E-state index in [1.165, 1.54) is 0 Å². The molecule has 0 atom stereocenters. The van der Waals surface area contributed by atoms with Gasteiger partial charge in [-0.15, -0.1) is 11.3 Å². The van der Waals surface area contributed by atoms with E-state index in [1.54, 1.807) is 11.3 Å². The molecular weight excluding hydrogens is 294 g/mol. The molecule has 0 aromatic carbocycles. The van der Waals surface area contributed by atoms with Gasteiger partial charge in [-0.1, -0.05) is 19.9 Å². The van der Waals surface area contributed by atoms with Crippen LogP contribution >= 0.6 is 11.3 Å². The van der Waals surface area contributed by atoms with Gasteiger partial charge in [0.05, 0.1) is 17.1 Å². The normalized spacial score (nSPS) is 10.9. The number of pyridine rings is 1. The van der Waals surface area contributed by atoms with Crippen molar-refractivity contribution in [1.29, 1.82) is 0 Å². The fourth-order valence-electron chi connectivity index (χ4n) is 2.05. The first-order chi connectivity index (χ1) is 10.6. The lowest BCUT2D eigenvalue weighted by atomic mass is 10.1. The largest absolute Gasteiger partial charge is 0.356 e. The molecule has 4 nitrogen and oxygen atoms in total. The number of aryl methyl sites for hydroxylation is 2. The smallest absolute Gasteiger partial charge is 0.226 e. The van der Waals surface area contributed by atoms with Crippen LogP contribution in [-0.4, -0.2) is 22.4 Å². The highest BCUT2D eigenvalue weighted by Gasteiger charge is 2.08. The van der Waals surface area contributed by atoms with Gasteiger partial charge in [0, 0.05) is 30.2 Å². The molecule has 0 fully saturated rings. The second-order valence-electron chi connectivity index (χ2n) is 5.76. The maximum atomic E-state index is 11.8. The molecule has 2 heterocycles. The maximum Gasteiger partial charge on any atom is 0.226 e. The minimum absolute atomic E-state index is 0.0576. The van der Waals surface area contributed by atoms with Crippen molar-refractivity contribution in [2.24, 2.45) is 5.92 Å². The van der Waals surface area contributed by atoms with Crippen LogP contribution in [0.15, 0.2) is 29.8 Å². The molecule has 0 unspecified atom stereocenters. The molecule has 1 amide bonds. The second-order valence-corrected chi connectivity index (χ2v) is 6.71. The Morgan fingerprint density at radius 1 is 1.27 bits per heavy atom. The van der Waals surface area contributed by atoms with Crippen molar-refractivity contribution in [1.82, 2.24) is 15.3 Å². The molecule has 2 aromatic rings. The highest BCUT2D eigenvalue weighted by Crippen LogP contribution is 2.13. The highest BCUT2D eigenvalue weighted by atomic mass is 32.1. The zero-order chi connectivity index (χ0) is 15.8. The van der Waals surface area contributed by atoms with Crippen molar-refractivity contribution >= 4 is 17.2 Å². The number of nitrogens with one attached hydrogen (secondary N) is 1. The summed E-state index contributed by atoms with van der Waals surface area (Å²) < 4.78 is 0. The molecule has 118 valence electrons. The number of carbonyl (C=O) groups is 1. The van der Waals surface area contributed by atoms with Gasteiger partial charge < -0.3 is 5.32 Å². The Labute approximate surface area is 136 Å². The first kappa shape index (κ1) is 16.6. The van der Waals surface area contributed by atoms with Crippen molar-refractivity contribution in [3.63, 3.8) is 0 Å². The SMILES string of the molecule is CC(C)CCNC(=O)Cc1csc(CCc2ccccn2)n1. The van der Waals surface area contributed by atoms with E-state index < -0.39 is 0 Å². The molecule has 0 spiro atoms. The van der Waals surface area contributed by atoms with E-state index in [9.17, 15) is 4.79 Å². The number of thiazole rings is 1. The number of rotatable bonds is 8. The quantitative estimate of drug-likeness (QED) is 0.814. The van der Waals surface area contributed by atoms with E-state index in [1.807, 2.05) is 29.8 Å². The number of nitrogens with zero attached hydrogens (tertiary/aromatic N) is 2. The first-order valence-electron chi connectivity index (χ1n) is 7.73.